The highest BCUT2D eigenvalue weighted by molar-refractivity contribution is 5.41. The SMILES string of the molecule is CC1CCN(c2ccc(C(F)(F)F)cn2)C(CN)C1. The molecule has 106 valence electrons. The van der Waals surface area contributed by atoms with E-state index in [0.717, 1.165) is 31.6 Å². The Balaban J connectivity index is 2.17. The quantitative estimate of drug-likeness (QED) is 0.900. The molecule has 1 aliphatic rings. The molecule has 2 N–H and O–H groups in total. The molecule has 0 radical (unpaired) electrons. The predicted molar refractivity (Wildman–Crippen MR) is 67.8 cm³/mol. The third-order valence-corrected chi connectivity index (χ3v) is 3.62. The molecule has 1 fully saturated rings. The van der Waals surface area contributed by atoms with Crippen molar-refractivity contribution in [1.29, 1.82) is 0 Å². The van der Waals surface area contributed by atoms with Crippen molar-refractivity contribution in [2.45, 2.75) is 32.0 Å². The van der Waals surface area contributed by atoms with E-state index in [2.05, 4.69) is 11.9 Å². The van der Waals surface area contributed by atoms with Gasteiger partial charge in [0.15, 0.2) is 0 Å². The number of nitrogens with zero attached hydrogens (tertiary/aromatic N) is 2. The Kier molecular flexibility index (Phi) is 3.99. The fourth-order valence-corrected chi connectivity index (χ4v) is 2.50. The molecular weight excluding hydrogens is 255 g/mol. The van der Waals surface area contributed by atoms with E-state index >= 15 is 0 Å². The number of anilines is 1. The summed E-state index contributed by atoms with van der Waals surface area (Å²) in [4.78, 5) is 5.96. The Morgan fingerprint density at radius 1 is 1.42 bits per heavy atom. The number of pyridine rings is 1. The van der Waals surface area contributed by atoms with Crippen molar-refractivity contribution in [2.75, 3.05) is 18.0 Å². The van der Waals surface area contributed by atoms with Crippen LogP contribution in [0.2, 0.25) is 0 Å². The number of nitrogens with two attached hydrogens (primary N) is 1. The Bertz CT molecular complexity index is 416. The largest absolute Gasteiger partial charge is 0.417 e. The van der Waals surface area contributed by atoms with Crippen molar-refractivity contribution < 1.29 is 13.2 Å². The average Bonchev–Trinajstić information content (AvgIpc) is 2.37. The van der Waals surface area contributed by atoms with E-state index in [1.54, 1.807) is 0 Å². The molecular formula is C13H18F3N3. The van der Waals surface area contributed by atoms with Gasteiger partial charge >= 0.3 is 6.18 Å². The molecule has 3 nitrogen and oxygen atoms in total. The van der Waals surface area contributed by atoms with Crippen LogP contribution in [0.5, 0.6) is 0 Å². The lowest BCUT2D eigenvalue weighted by Crippen LogP contribution is -2.46. The highest BCUT2D eigenvalue weighted by Crippen LogP contribution is 2.31. The van der Waals surface area contributed by atoms with E-state index < -0.39 is 11.7 Å². The summed E-state index contributed by atoms with van der Waals surface area (Å²) in [6, 6.07) is 2.67. The Morgan fingerprint density at radius 2 is 2.16 bits per heavy atom. The van der Waals surface area contributed by atoms with Crippen molar-refractivity contribution in [3.8, 4) is 0 Å². The van der Waals surface area contributed by atoms with Gasteiger partial charge in [-0.25, -0.2) is 4.98 Å². The minimum atomic E-state index is -4.34. The number of hydrogen-bond acceptors (Lipinski definition) is 3. The first-order chi connectivity index (χ1) is 8.91. The third-order valence-electron chi connectivity index (χ3n) is 3.62. The molecule has 0 amide bonds. The summed E-state index contributed by atoms with van der Waals surface area (Å²) in [6.45, 7) is 3.45. The number of piperidine rings is 1. The number of rotatable bonds is 2. The molecule has 2 unspecified atom stereocenters. The molecule has 1 saturated heterocycles. The van der Waals surface area contributed by atoms with Crippen LogP contribution in [0, 0.1) is 5.92 Å². The molecule has 0 spiro atoms. The fourth-order valence-electron chi connectivity index (χ4n) is 2.50. The first-order valence-electron chi connectivity index (χ1n) is 6.41. The van der Waals surface area contributed by atoms with Crippen LogP contribution in [0.25, 0.3) is 0 Å². The van der Waals surface area contributed by atoms with Gasteiger partial charge in [0, 0.05) is 25.3 Å². The Labute approximate surface area is 110 Å². The van der Waals surface area contributed by atoms with Crippen LogP contribution in [0.1, 0.15) is 25.3 Å². The topological polar surface area (TPSA) is 42.2 Å². The smallest absolute Gasteiger partial charge is 0.352 e. The average molecular weight is 273 g/mol. The maximum Gasteiger partial charge on any atom is 0.417 e. The van der Waals surface area contributed by atoms with Gasteiger partial charge in [-0.1, -0.05) is 6.92 Å². The third kappa shape index (κ3) is 3.18. The summed E-state index contributed by atoms with van der Waals surface area (Å²) in [7, 11) is 0. The zero-order valence-electron chi connectivity index (χ0n) is 10.8. The van der Waals surface area contributed by atoms with Gasteiger partial charge in [-0.15, -0.1) is 0 Å². The number of aromatic nitrogens is 1. The monoisotopic (exact) mass is 273 g/mol. The molecule has 0 bridgehead atoms. The second kappa shape index (κ2) is 5.36. The summed E-state index contributed by atoms with van der Waals surface area (Å²) in [5.74, 6) is 1.18. The van der Waals surface area contributed by atoms with Crippen molar-refractivity contribution in [3.05, 3.63) is 23.9 Å². The molecule has 2 rings (SSSR count). The standard InChI is InChI=1S/C13H18F3N3/c1-9-4-5-19(11(6-9)7-17)12-3-2-10(8-18-12)13(14,15)16/h2-3,8-9,11H,4-7,17H2,1H3. The molecule has 0 aromatic carbocycles. The van der Waals surface area contributed by atoms with Crippen LogP contribution in [0.4, 0.5) is 19.0 Å². The van der Waals surface area contributed by atoms with E-state index in [9.17, 15) is 13.2 Å². The minimum absolute atomic E-state index is 0.160. The van der Waals surface area contributed by atoms with Crippen LogP contribution in [0.3, 0.4) is 0 Å². The summed E-state index contributed by atoms with van der Waals surface area (Å²) in [6.07, 6.45) is -1.48. The molecule has 1 aromatic rings. The van der Waals surface area contributed by atoms with Crippen LogP contribution in [-0.2, 0) is 6.18 Å². The van der Waals surface area contributed by atoms with Gasteiger partial charge in [0.25, 0.3) is 0 Å². The fraction of sp³-hybridized carbons (Fsp3) is 0.615. The maximum atomic E-state index is 12.5. The summed E-state index contributed by atoms with van der Waals surface area (Å²) >= 11 is 0. The second-order valence-electron chi connectivity index (χ2n) is 5.12. The molecule has 0 saturated carbocycles. The van der Waals surface area contributed by atoms with Gasteiger partial charge < -0.3 is 10.6 Å². The van der Waals surface area contributed by atoms with Crippen molar-refractivity contribution in [2.24, 2.45) is 11.7 Å². The lowest BCUT2D eigenvalue weighted by Gasteiger charge is -2.38. The van der Waals surface area contributed by atoms with Gasteiger partial charge in [-0.2, -0.15) is 13.2 Å². The zero-order valence-corrected chi connectivity index (χ0v) is 10.8. The van der Waals surface area contributed by atoms with E-state index in [0.29, 0.717) is 18.3 Å². The van der Waals surface area contributed by atoms with Gasteiger partial charge in [-0.3, -0.25) is 0 Å². The number of hydrogen-bond donors (Lipinski definition) is 1. The van der Waals surface area contributed by atoms with Gasteiger partial charge in [0.1, 0.15) is 5.82 Å². The Morgan fingerprint density at radius 3 is 2.68 bits per heavy atom. The van der Waals surface area contributed by atoms with E-state index in [4.69, 9.17) is 5.73 Å². The van der Waals surface area contributed by atoms with Gasteiger partial charge in [0.2, 0.25) is 0 Å². The molecule has 6 heteroatoms. The van der Waals surface area contributed by atoms with Crippen LogP contribution < -0.4 is 10.6 Å². The first-order valence-corrected chi connectivity index (χ1v) is 6.41. The maximum absolute atomic E-state index is 12.5. The van der Waals surface area contributed by atoms with Crippen LogP contribution >= 0.6 is 0 Å². The van der Waals surface area contributed by atoms with Gasteiger partial charge in [-0.05, 0) is 30.9 Å². The molecule has 1 aliphatic heterocycles. The van der Waals surface area contributed by atoms with E-state index in [1.165, 1.54) is 6.07 Å². The number of halogens is 3. The zero-order chi connectivity index (χ0) is 14.0. The minimum Gasteiger partial charge on any atom is -0.352 e. The predicted octanol–water partition coefficient (Wildman–Crippen LogP) is 2.66. The lowest BCUT2D eigenvalue weighted by molar-refractivity contribution is -0.137. The normalized spacial score (nSPS) is 24.6. The van der Waals surface area contributed by atoms with Crippen molar-refractivity contribution in [3.63, 3.8) is 0 Å². The van der Waals surface area contributed by atoms with Crippen molar-refractivity contribution in [1.82, 2.24) is 4.98 Å². The van der Waals surface area contributed by atoms with Crippen LogP contribution in [0.15, 0.2) is 18.3 Å². The highest BCUT2D eigenvalue weighted by atomic mass is 19.4. The lowest BCUT2D eigenvalue weighted by atomic mass is 9.92. The first kappa shape index (κ1) is 14.1. The van der Waals surface area contributed by atoms with E-state index in [1.807, 2.05) is 4.90 Å². The van der Waals surface area contributed by atoms with E-state index in [-0.39, 0.29) is 6.04 Å². The second-order valence-corrected chi connectivity index (χ2v) is 5.12. The summed E-state index contributed by atoms with van der Waals surface area (Å²) in [5, 5.41) is 0. The molecule has 19 heavy (non-hydrogen) atoms. The van der Waals surface area contributed by atoms with Crippen LogP contribution in [-0.4, -0.2) is 24.1 Å². The molecule has 1 aromatic heterocycles. The Hall–Kier alpha value is -1.30. The molecule has 0 aliphatic carbocycles. The van der Waals surface area contributed by atoms with Crippen molar-refractivity contribution >= 4 is 5.82 Å². The molecule has 2 heterocycles. The highest BCUT2D eigenvalue weighted by Gasteiger charge is 2.32. The molecule has 2 atom stereocenters. The summed E-state index contributed by atoms with van der Waals surface area (Å²) < 4.78 is 37.4. The summed E-state index contributed by atoms with van der Waals surface area (Å²) in [5.41, 5.74) is 5.03. The number of alkyl halides is 3. The van der Waals surface area contributed by atoms with Gasteiger partial charge in [0.05, 0.1) is 5.56 Å².